The molecular formula is C8H20N2. The predicted octanol–water partition coefficient (Wildman–Crippen LogP) is 1.06. The van der Waals surface area contributed by atoms with Crippen molar-refractivity contribution < 1.29 is 0 Å². The van der Waals surface area contributed by atoms with Gasteiger partial charge in [0, 0.05) is 12.1 Å². The highest BCUT2D eigenvalue weighted by Gasteiger charge is 2.12. The molecule has 2 atom stereocenters. The monoisotopic (exact) mass is 144 g/mol. The molecule has 0 rings (SSSR count). The second kappa shape index (κ2) is 4.69. The van der Waals surface area contributed by atoms with E-state index < -0.39 is 0 Å². The van der Waals surface area contributed by atoms with E-state index >= 15 is 0 Å². The summed E-state index contributed by atoms with van der Waals surface area (Å²) in [4.78, 5) is 2.17. The third-order valence-corrected chi connectivity index (χ3v) is 2.06. The number of nitrogens with two attached hydrogens (primary N) is 1. The minimum absolute atomic E-state index is 0.333. The fourth-order valence-electron chi connectivity index (χ4n) is 0.957. The van der Waals surface area contributed by atoms with Crippen LogP contribution >= 0.6 is 0 Å². The third-order valence-electron chi connectivity index (χ3n) is 2.06. The first kappa shape index (κ1) is 9.92. The molecule has 0 radical (unpaired) electrons. The van der Waals surface area contributed by atoms with Crippen LogP contribution in [0.5, 0.6) is 0 Å². The van der Waals surface area contributed by atoms with Gasteiger partial charge in [0.2, 0.25) is 0 Å². The maximum atomic E-state index is 5.89. The van der Waals surface area contributed by atoms with Gasteiger partial charge in [-0.3, -0.25) is 0 Å². The largest absolute Gasteiger partial charge is 0.326 e. The molecule has 0 aromatic heterocycles. The van der Waals surface area contributed by atoms with E-state index in [4.69, 9.17) is 5.73 Å². The molecule has 0 aliphatic carbocycles. The Kier molecular flexibility index (Phi) is 4.65. The highest BCUT2D eigenvalue weighted by molar-refractivity contribution is 4.73. The lowest BCUT2D eigenvalue weighted by Crippen LogP contribution is -2.41. The summed E-state index contributed by atoms with van der Waals surface area (Å²) in [6.07, 6.45) is 2.30. The number of rotatable bonds is 4. The van der Waals surface area contributed by atoms with Gasteiger partial charge in [0.1, 0.15) is 0 Å². The van der Waals surface area contributed by atoms with Crippen LogP contribution in [0.2, 0.25) is 0 Å². The maximum absolute atomic E-state index is 5.89. The fourth-order valence-corrected chi connectivity index (χ4v) is 0.957. The second-order valence-electron chi connectivity index (χ2n) is 3.16. The molecule has 0 bridgehead atoms. The number of hydrogen-bond acceptors (Lipinski definition) is 2. The normalized spacial score (nSPS) is 17.4. The zero-order chi connectivity index (χ0) is 8.15. The summed E-state index contributed by atoms with van der Waals surface area (Å²) in [5.41, 5.74) is 5.89. The fraction of sp³-hybridized carbons (Fsp3) is 1.00. The van der Waals surface area contributed by atoms with Crippen LogP contribution < -0.4 is 5.73 Å². The molecule has 0 amide bonds. The summed E-state index contributed by atoms with van der Waals surface area (Å²) in [5, 5.41) is 0. The van der Waals surface area contributed by atoms with Crippen LogP contribution in [0.1, 0.15) is 26.7 Å². The molecule has 62 valence electrons. The van der Waals surface area contributed by atoms with Gasteiger partial charge in [-0.15, -0.1) is 0 Å². The Morgan fingerprint density at radius 1 is 1.40 bits per heavy atom. The molecule has 0 aliphatic heterocycles. The molecule has 0 saturated carbocycles. The minimum Gasteiger partial charge on any atom is -0.326 e. The highest BCUT2D eigenvalue weighted by Crippen LogP contribution is 2.02. The Balaban J connectivity index is 3.58. The van der Waals surface area contributed by atoms with Crippen LogP contribution in [-0.2, 0) is 0 Å². The van der Waals surface area contributed by atoms with Crippen LogP contribution in [0.25, 0.3) is 0 Å². The van der Waals surface area contributed by atoms with Gasteiger partial charge in [0.05, 0.1) is 0 Å². The van der Waals surface area contributed by atoms with E-state index in [0.29, 0.717) is 12.1 Å². The first-order valence-electron chi connectivity index (χ1n) is 4.01. The van der Waals surface area contributed by atoms with Crippen LogP contribution in [0, 0.1) is 0 Å². The minimum atomic E-state index is 0.333. The van der Waals surface area contributed by atoms with E-state index in [-0.39, 0.29) is 0 Å². The number of likely N-dealkylation sites (N-methyl/N-ethyl adjacent to an activating group) is 1. The van der Waals surface area contributed by atoms with Crippen molar-refractivity contribution >= 4 is 0 Å². The number of hydrogen-bond donors (Lipinski definition) is 1. The van der Waals surface area contributed by atoms with Gasteiger partial charge in [0.25, 0.3) is 0 Å². The molecule has 0 fully saturated rings. The molecule has 0 aliphatic rings. The zero-order valence-electron chi connectivity index (χ0n) is 7.59. The van der Waals surface area contributed by atoms with E-state index in [1.165, 1.54) is 6.42 Å². The van der Waals surface area contributed by atoms with Gasteiger partial charge in [-0.25, -0.2) is 0 Å². The summed E-state index contributed by atoms with van der Waals surface area (Å²) in [6, 6.07) is 0.833. The summed E-state index contributed by atoms with van der Waals surface area (Å²) in [7, 11) is 4.14. The maximum Gasteiger partial charge on any atom is 0.0212 e. The van der Waals surface area contributed by atoms with Gasteiger partial charge in [0.15, 0.2) is 0 Å². The molecule has 2 heteroatoms. The second-order valence-corrected chi connectivity index (χ2v) is 3.16. The Morgan fingerprint density at radius 3 is 2.20 bits per heavy atom. The number of nitrogens with zero attached hydrogens (tertiary/aromatic N) is 1. The molecule has 2 unspecified atom stereocenters. The Hall–Kier alpha value is -0.0800. The van der Waals surface area contributed by atoms with Crippen LogP contribution in [-0.4, -0.2) is 31.1 Å². The quantitative estimate of drug-likeness (QED) is 0.639. The van der Waals surface area contributed by atoms with E-state index in [9.17, 15) is 0 Å². The van der Waals surface area contributed by atoms with Crippen molar-refractivity contribution in [2.75, 3.05) is 14.1 Å². The van der Waals surface area contributed by atoms with Gasteiger partial charge >= 0.3 is 0 Å². The van der Waals surface area contributed by atoms with E-state index in [1.807, 2.05) is 0 Å². The molecule has 0 aromatic carbocycles. The van der Waals surface area contributed by atoms with Crippen LogP contribution in [0.3, 0.4) is 0 Å². The van der Waals surface area contributed by atoms with Crippen LogP contribution in [0.15, 0.2) is 0 Å². The highest BCUT2D eigenvalue weighted by atomic mass is 15.1. The van der Waals surface area contributed by atoms with E-state index in [2.05, 4.69) is 32.8 Å². The molecule has 0 heterocycles. The smallest absolute Gasteiger partial charge is 0.0212 e. The van der Waals surface area contributed by atoms with Gasteiger partial charge in [-0.05, 0) is 27.4 Å². The Labute approximate surface area is 64.4 Å². The van der Waals surface area contributed by atoms with Crippen molar-refractivity contribution in [1.29, 1.82) is 0 Å². The average Bonchev–Trinajstić information content (AvgIpc) is 1.87. The standard InChI is InChI=1S/C8H20N2/c1-5-6-8(9)7(2)10(3)4/h7-8H,5-6,9H2,1-4H3. The summed E-state index contributed by atoms with van der Waals surface area (Å²) in [5.74, 6) is 0. The van der Waals surface area contributed by atoms with E-state index in [0.717, 1.165) is 6.42 Å². The summed E-state index contributed by atoms with van der Waals surface area (Å²) < 4.78 is 0. The van der Waals surface area contributed by atoms with Crippen LogP contribution in [0.4, 0.5) is 0 Å². The van der Waals surface area contributed by atoms with Gasteiger partial charge in [-0.2, -0.15) is 0 Å². The van der Waals surface area contributed by atoms with Crippen molar-refractivity contribution in [3.05, 3.63) is 0 Å². The van der Waals surface area contributed by atoms with E-state index in [1.54, 1.807) is 0 Å². The molecular weight excluding hydrogens is 124 g/mol. The molecule has 0 aromatic rings. The van der Waals surface area contributed by atoms with Crippen molar-refractivity contribution in [2.45, 2.75) is 38.8 Å². The molecule has 0 saturated heterocycles. The van der Waals surface area contributed by atoms with Gasteiger partial charge in [-0.1, -0.05) is 13.3 Å². The third kappa shape index (κ3) is 3.18. The van der Waals surface area contributed by atoms with Gasteiger partial charge < -0.3 is 10.6 Å². The topological polar surface area (TPSA) is 29.3 Å². The lowest BCUT2D eigenvalue weighted by Gasteiger charge is -2.25. The lowest BCUT2D eigenvalue weighted by molar-refractivity contribution is 0.264. The first-order valence-corrected chi connectivity index (χ1v) is 4.01. The first-order chi connectivity index (χ1) is 4.59. The molecule has 0 spiro atoms. The Bertz CT molecular complexity index is 81.3. The Morgan fingerprint density at radius 2 is 1.90 bits per heavy atom. The summed E-state index contributed by atoms with van der Waals surface area (Å²) in [6.45, 7) is 4.34. The molecule has 2 N–H and O–H groups in total. The average molecular weight is 144 g/mol. The van der Waals surface area contributed by atoms with Crippen molar-refractivity contribution in [2.24, 2.45) is 5.73 Å². The van der Waals surface area contributed by atoms with Crippen molar-refractivity contribution in [1.82, 2.24) is 4.90 Å². The predicted molar refractivity (Wildman–Crippen MR) is 46.0 cm³/mol. The SMILES string of the molecule is CCCC(N)C(C)N(C)C. The molecule has 10 heavy (non-hydrogen) atoms. The zero-order valence-corrected chi connectivity index (χ0v) is 7.59. The van der Waals surface area contributed by atoms with Crippen molar-refractivity contribution in [3.8, 4) is 0 Å². The summed E-state index contributed by atoms with van der Waals surface area (Å²) >= 11 is 0. The van der Waals surface area contributed by atoms with Crippen molar-refractivity contribution in [3.63, 3.8) is 0 Å². The molecule has 2 nitrogen and oxygen atoms in total. The lowest BCUT2D eigenvalue weighted by atomic mass is 10.1.